The fourth-order valence-electron chi connectivity index (χ4n) is 2.95. The molecule has 0 radical (unpaired) electrons. The van der Waals surface area contributed by atoms with Crippen molar-refractivity contribution in [3.05, 3.63) is 65.2 Å². The van der Waals surface area contributed by atoms with Gasteiger partial charge in [0.25, 0.3) is 5.91 Å². The number of nitrogens with one attached hydrogen (secondary N) is 1. The molecule has 0 saturated heterocycles. The molecule has 3 rings (SSSR count). The number of nitrogens with zero attached hydrogens (tertiary/aromatic N) is 1. The van der Waals surface area contributed by atoms with Gasteiger partial charge in [-0.15, -0.1) is 0 Å². The van der Waals surface area contributed by atoms with Crippen LogP contribution in [0.15, 0.2) is 48.5 Å². The minimum atomic E-state index is -4.46. The molecule has 1 N–H and O–H groups in total. The van der Waals surface area contributed by atoms with E-state index in [0.29, 0.717) is 6.54 Å². The SMILES string of the molecule is C[C@H](NC(=O)c1ccc(C(F)(F)F)cc1)C(=O)N1CCc2ccccc21. The highest BCUT2D eigenvalue weighted by atomic mass is 19.4. The molecular formula is C19H17F3N2O2. The molecule has 0 saturated carbocycles. The molecule has 2 aromatic carbocycles. The topological polar surface area (TPSA) is 49.4 Å². The molecule has 0 unspecified atom stereocenters. The molecule has 2 aromatic rings. The summed E-state index contributed by atoms with van der Waals surface area (Å²) < 4.78 is 37.7. The van der Waals surface area contributed by atoms with Gasteiger partial charge >= 0.3 is 6.18 Å². The maximum atomic E-state index is 12.6. The van der Waals surface area contributed by atoms with E-state index in [0.717, 1.165) is 41.9 Å². The average Bonchev–Trinajstić information content (AvgIpc) is 3.04. The van der Waals surface area contributed by atoms with Crippen LogP contribution in [-0.4, -0.2) is 24.4 Å². The lowest BCUT2D eigenvalue weighted by atomic mass is 10.1. The van der Waals surface area contributed by atoms with E-state index in [1.54, 1.807) is 11.8 Å². The van der Waals surface area contributed by atoms with Gasteiger partial charge in [-0.2, -0.15) is 13.2 Å². The summed E-state index contributed by atoms with van der Waals surface area (Å²) in [6, 6.07) is 10.6. The molecule has 2 amide bonds. The van der Waals surface area contributed by atoms with Gasteiger partial charge in [0.1, 0.15) is 6.04 Å². The number of halogens is 3. The van der Waals surface area contributed by atoms with Crippen LogP contribution in [0.3, 0.4) is 0 Å². The monoisotopic (exact) mass is 362 g/mol. The minimum Gasteiger partial charge on any atom is -0.341 e. The molecule has 136 valence electrons. The second-order valence-corrected chi connectivity index (χ2v) is 6.14. The van der Waals surface area contributed by atoms with E-state index in [-0.39, 0.29) is 11.5 Å². The zero-order valence-corrected chi connectivity index (χ0v) is 14.0. The molecule has 0 spiro atoms. The van der Waals surface area contributed by atoms with E-state index in [4.69, 9.17) is 0 Å². The second-order valence-electron chi connectivity index (χ2n) is 6.14. The largest absolute Gasteiger partial charge is 0.416 e. The summed E-state index contributed by atoms with van der Waals surface area (Å²) in [5.74, 6) is -0.845. The van der Waals surface area contributed by atoms with Crippen molar-refractivity contribution in [2.24, 2.45) is 0 Å². The van der Waals surface area contributed by atoms with Crippen molar-refractivity contribution < 1.29 is 22.8 Å². The van der Waals surface area contributed by atoms with Crippen molar-refractivity contribution in [2.75, 3.05) is 11.4 Å². The number of fused-ring (bicyclic) bond motifs is 1. The summed E-state index contributed by atoms with van der Waals surface area (Å²) in [5, 5.41) is 2.55. The summed E-state index contributed by atoms with van der Waals surface area (Å²) >= 11 is 0. The van der Waals surface area contributed by atoms with Crippen LogP contribution < -0.4 is 10.2 Å². The highest BCUT2D eigenvalue weighted by Gasteiger charge is 2.31. The van der Waals surface area contributed by atoms with Gasteiger partial charge in [0.05, 0.1) is 5.56 Å². The fourth-order valence-corrected chi connectivity index (χ4v) is 2.95. The third kappa shape index (κ3) is 3.56. The summed E-state index contributed by atoms with van der Waals surface area (Å²) in [6.45, 7) is 2.10. The van der Waals surface area contributed by atoms with Crippen LogP contribution in [0.5, 0.6) is 0 Å². The van der Waals surface area contributed by atoms with E-state index in [9.17, 15) is 22.8 Å². The van der Waals surface area contributed by atoms with Crippen molar-refractivity contribution >= 4 is 17.5 Å². The molecule has 1 heterocycles. The smallest absolute Gasteiger partial charge is 0.341 e. The van der Waals surface area contributed by atoms with Gasteiger partial charge < -0.3 is 10.2 Å². The van der Waals surface area contributed by atoms with Crippen LogP contribution in [0.2, 0.25) is 0 Å². The van der Waals surface area contributed by atoms with Crippen molar-refractivity contribution in [1.29, 1.82) is 0 Å². The summed E-state index contributed by atoms with van der Waals surface area (Å²) in [4.78, 5) is 26.5. The molecule has 1 atom stereocenters. The van der Waals surface area contributed by atoms with Crippen molar-refractivity contribution in [2.45, 2.75) is 25.6 Å². The maximum absolute atomic E-state index is 12.6. The van der Waals surface area contributed by atoms with Crippen LogP contribution >= 0.6 is 0 Å². The summed E-state index contributed by atoms with van der Waals surface area (Å²) in [5.41, 5.74) is 1.14. The lowest BCUT2D eigenvalue weighted by Crippen LogP contribution is -2.46. The molecule has 7 heteroatoms. The lowest BCUT2D eigenvalue weighted by Gasteiger charge is -2.22. The normalized spacial score (nSPS) is 14.7. The fraction of sp³-hybridized carbons (Fsp3) is 0.263. The zero-order valence-electron chi connectivity index (χ0n) is 14.0. The van der Waals surface area contributed by atoms with Crippen LogP contribution in [0, 0.1) is 0 Å². The van der Waals surface area contributed by atoms with Crippen LogP contribution in [0.25, 0.3) is 0 Å². The highest BCUT2D eigenvalue weighted by molar-refractivity contribution is 6.03. The van der Waals surface area contributed by atoms with E-state index in [1.807, 2.05) is 24.3 Å². The number of amides is 2. The van der Waals surface area contributed by atoms with Gasteiger partial charge in [-0.25, -0.2) is 0 Å². The number of carbonyl (C=O) groups excluding carboxylic acids is 2. The van der Waals surface area contributed by atoms with Gasteiger partial charge in [0.2, 0.25) is 5.91 Å². The number of rotatable bonds is 3. The van der Waals surface area contributed by atoms with Crippen molar-refractivity contribution in [3.63, 3.8) is 0 Å². The zero-order chi connectivity index (χ0) is 18.9. The Balaban J connectivity index is 1.67. The van der Waals surface area contributed by atoms with E-state index in [1.165, 1.54) is 0 Å². The number of anilines is 1. The van der Waals surface area contributed by atoms with Crippen molar-refractivity contribution in [3.8, 4) is 0 Å². The Morgan fingerprint density at radius 1 is 1.08 bits per heavy atom. The van der Waals surface area contributed by atoms with E-state index >= 15 is 0 Å². The predicted molar refractivity (Wildman–Crippen MR) is 90.9 cm³/mol. The predicted octanol–water partition coefficient (Wildman–Crippen LogP) is 3.41. The van der Waals surface area contributed by atoms with Crippen LogP contribution in [-0.2, 0) is 17.4 Å². The van der Waals surface area contributed by atoms with Crippen LogP contribution in [0.1, 0.15) is 28.4 Å². The van der Waals surface area contributed by atoms with E-state index in [2.05, 4.69) is 5.32 Å². The Kier molecular flexibility index (Phi) is 4.71. The van der Waals surface area contributed by atoms with Gasteiger partial charge in [0.15, 0.2) is 0 Å². The number of hydrogen-bond donors (Lipinski definition) is 1. The molecule has 1 aliphatic heterocycles. The number of benzene rings is 2. The van der Waals surface area contributed by atoms with Gasteiger partial charge in [-0.05, 0) is 49.2 Å². The Hall–Kier alpha value is -2.83. The second kappa shape index (κ2) is 6.82. The molecular weight excluding hydrogens is 345 g/mol. The molecule has 4 nitrogen and oxygen atoms in total. The molecule has 0 bridgehead atoms. The van der Waals surface area contributed by atoms with Gasteiger partial charge in [-0.1, -0.05) is 18.2 Å². The van der Waals surface area contributed by atoms with Crippen molar-refractivity contribution in [1.82, 2.24) is 5.32 Å². The van der Waals surface area contributed by atoms with Gasteiger partial charge in [-0.3, -0.25) is 9.59 Å². The number of carbonyl (C=O) groups is 2. The van der Waals surface area contributed by atoms with Gasteiger partial charge in [0, 0.05) is 17.8 Å². The molecule has 0 aliphatic carbocycles. The number of para-hydroxylation sites is 1. The first-order valence-corrected chi connectivity index (χ1v) is 8.15. The quantitative estimate of drug-likeness (QED) is 0.910. The molecule has 0 fully saturated rings. The Bertz CT molecular complexity index is 831. The Labute approximate surface area is 148 Å². The standard InChI is InChI=1S/C19H17F3N2O2/c1-12(18(26)24-11-10-13-4-2-3-5-16(13)24)23-17(25)14-6-8-15(9-7-14)19(20,21)22/h2-9,12H,10-11H2,1H3,(H,23,25)/t12-/m0/s1. The lowest BCUT2D eigenvalue weighted by molar-refractivity contribution is -0.137. The van der Waals surface area contributed by atoms with Crippen LogP contribution in [0.4, 0.5) is 18.9 Å². The number of alkyl halides is 3. The first kappa shape index (κ1) is 18.0. The molecule has 26 heavy (non-hydrogen) atoms. The average molecular weight is 362 g/mol. The molecule has 1 aliphatic rings. The third-order valence-electron chi connectivity index (χ3n) is 4.35. The summed E-state index contributed by atoms with van der Waals surface area (Å²) in [7, 11) is 0. The Morgan fingerprint density at radius 2 is 1.73 bits per heavy atom. The number of hydrogen-bond acceptors (Lipinski definition) is 2. The first-order chi connectivity index (χ1) is 12.3. The maximum Gasteiger partial charge on any atom is 0.416 e. The molecule has 0 aromatic heterocycles. The van der Waals surface area contributed by atoms with E-state index < -0.39 is 23.7 Å². The minimum absolute atomic E-state index is 0.0690. The highest BCUT2D eigenvalue weighted by Crippen LogP contribution is 2.29. The third-order valence-corrected chi connectivity index (χ3v) is 4.35. The summed E-state index contributed by atoms with van der Waals surface area (Å²) in [6.07, 6.45) is -3.71. The first-order valence-electron chi connectivity index (χ1n) is 8.15. The Morgan fingerprint density at radius 3 is 2.38 bits per heavy atom.